The van der Waals surface area contributed by atoms with Gasteiger partial charge in [-0.15, -0.1) is 0 Å². The van der Waals surface area contributed by atoms with E-state index in [-0.39, 0.29) is 12.0 Å². The van der Waals surface area contributed by atoms with Gasteiger partial charge in [0.2, 0.25) is 0 Å². The monoisotopic (exact) mass is 242 g/mol. The quantitative estimate of drug-likeness (QED) is 0.806. The van der Waals surface area contributed by atoms with Crippen molar-refractivity contribution in [1.29, 1.82) is 0 Å². The molecule has 0 aliphatic heterocycles. The molecule has 0 amide bonds. The molecule has 0 bridgehead atoms. The van der Waals surface area contributed by atoms with Crippen molar-refractivity contribution in [3.63, 3.8) is 0 Å². The Balaban J connectivity index is 2.66. The molecule has 1 rings (SSSR count). The fraction of sp³-hybridized carbons (Fsp3) is 0.583. The minimum absolute atomic E-state index is 0.0825. The van der Waals surface area contributed by atoms with Gasteiger partial charge in [0.15, 0.2) is 0 Å². The second-order valence-corrected chi connectivity index (χ2v) is 4.46. The molecule has 0 fully saturated rings. The molecule has 1 heterocycles. The van der Waals surface area contributed by atoms with Gasteiger partial charge < -0.3 is 10.4 Å². The minimum atomic E-state index is -0.0825. The van der Waals surface area contributed by atoms with E-state index in [9.17, 15) is 5.11 Å². The van der Waals surface area contributed by atoms with Gasteiger partial charge in [0, 0.05) is 18.2 Å². The Labute approximate surface area is 102 Å². The van der Waals surface area contributed by atoms with Gasteiger partial charge >= 0.3 is 0 Å². The highest BCUT2D eigenvalue weighted by Crippen LogP contribution is 2.27. The van der Waals surface area contributed by atoms with Crippen LogP contribution in [0.4, 0.5) is 5.82 Å². The maximum atomic E-state index is 9.43. The van der Waals surface area contributed by atoms with E-state index in [0.29, 0.717) is 17.4 Å². The molecular weight excluding hydrogens is 224 g/mol. The second kappa shape index (κ2) is 6.06. The van der Waals surface area contributed by atoms with Crippen LogP contribution in [-0.2, 0) is 0 Å². The lowest BCUT2D eigenvalue weighted by atomic mass is 9.83. The van der Waals surface area contributed by atoms with Crippen LogP contribution in [0.25, 0.3) is 0 Å². The predicted molar refractivity (Wildman–Crippen MR) is 67.8 cm³/mol. The number of aliphatic hydroxyl groups is 1. The van der Waals surface area contributed by atoms with Gasteiger partial charge in [-0.3, -0.25) is 0 Å². The van der Waals surface area contributed by atoms with Crippen LogP contribution in [0.5, 0.6) is 0 Å². The van der Waals surface area contributed by atoms with Crippen LogP contribution < -0.4 is 5.32 Å². The first-order valence-electron chi connectivity index (χ1n) is 5.62. The van der Waals surface area contributed by atoms with Gasteiger partial charge in [0.1, 0.15) is 5.82 Å². The summed E-state index contributed by atoms with van der Waals surface area (Å²) in [5.41, 5.74) is -0.0825. The Kier molecular flexibility index (Phi) is 5.03. The highest BCUT2D eigenvalue weighted by Gasteiger charge is 2.25. The molecule has 0 atom stereocenters. The van der Waals surface area contributed by atoms with Gasteiger partial charge in [0.05, 0.1) is 11.6 Å². The average Bonchev–Trinajstić information content (AvgIpc) is 2.34. The van der Waals surface area contributed by atoms with E-state index in [1.165, 1.54) is 0 Å². The number of aromatic nitrogens is 1. The highest BCUT2D eigenvalue weighted by atomic mass is 35.5. The molecule has 0 saturated carbocycles. The standard InChI is InChI=1S/C12H19ClN2O/c1-3-12(4-2,9-16)8-15-11-10(13)6-5-7-14-11/h5-7,16H,3-4,8-9H2,1-2H3,(H,14,15). The number of halogens is 1. The Morgan fingerprint density at radius 2 is 2.12 bits per heavy atom. The van der Waals surface area contributed by atoms with Crippen LogP contribution in [0.1, 0.15) is 26.7 Å². The SMILES string of the molecule is CCC(CC)(CO)CNc1ncccc1Cl. The van der Waals surface area contributed by atoms with Gasteiger partial charge in [-0.2, -0.15) is 0 Å². The number of pyridine rings is 1. The lowest BCUT2D eigenvalue weighted by Gasteiger charge is -2.29. The number of hydrogen-bond donors (Lipinski definition) is 2. The van der Waals surface area contributed by atoms with Gasteiger partial charge in [-0.05, 0) is 25.0 Å². The predicted octanol–water partition coefficient (Wildman–Crippen LogP) is 2.95. The van der Waals surface area contributed by atoms with E-state index in [1.807, 2.05) is 0 Å². The van der Waals surface area contributed by atoms with E-state index in [2.05, 4.69) is 24.1 Å². The zero-order valence-corrected chi connectivity index (χ0v) is 10.6. The molecule has 1 aromatic rings. The summed E-state index contributed by atoms with van der Waals surface area (Å²) in [5, 5.41) is 13.2. The molecule has 0 saturated heterocycles. The molecule has 1 aromatic heterocycles. The lowest BCUT2D eigenvalue weighted by Crippen LogP contribution is -2.32. The molecule has 90 valence electrons. The van der Waals surface area contributed by atoms with Crippen LogP contribution in [0.2, 0.25) is 5.02 Å². The first-order chi connectivity index (χ1) is 7.67. The van der Waals surface area contributed by atoms with Gasteiger partial charge in [-0.1, -0.05) is 25.4 Å². The number of hydrogen-bond acceptors (Lipinski definition) is 3. The molecule has 0 aromatic carbocycles. The number of anilines is 1. The summed E-state index contributed by atoms with van der Waals surface area (Å²) < 4.78 is 0. The number of nitrogens with zero attached hydrogens (tertiary/aromatic N) is 1. The van der Waals surface area contributed by atoms with Crippen LogP contribution >= 0.6 is 11.6 Å². The Morgan fingerprint density at radius 3 is 2.62 bits per heavy atom. The average molecular weight is 243 g/mol. The van der Waals surface area contributed by atoms with Crippen molar-refractivity contribution in [2.75, 3.05) is 18.5 Å². The molecule has 16 heavy (non-hydrogen) atoms. The summed E-state index contributed by atoms with van der Waals surface area (Å²) in [4.78, 5) is 4.16. The molecule has 4 heteroatoms. The lowest BCUT2D eigenvalue weighted by molar-refractivity contribution is 0.127. The maximum Gasteiger partial charge on any atom is 0.144 e. The fourth-order valence-electron chi connectivity index (χ4n) is 1.57. The molecule has 0 spiro atoms. The smallest absolute Gasteiger partial charge is 0.144 e. The number of rotatable bonds is 6. The van der Waals surface area contributed by atoms with Crippen LogP contribution in [-0.4, -0.2) is 23.2 Å². The molecule has 0 aliphatic carbocycles. The number of aliphatic hydroxyl groups excluding tert-OH is 1. The fourth-order valence-corrected chi connectivity index (χ4v) is 1.75. The van der Waals surface area contributed by atoms with Gasteiger partial charge in [0.25, 0.3) is 0 Å². The van der Waals surface area contributed by atoms with Crippen molar-refractivity contribution >= 4 is 17.4 Å². The third-order valence-corrected chi connectivity index (χ3v) is 3.53. The Morgan fingerprint density at radius 1 is 1.44 bits per heavy atom. The zero-order chi connectivity index (χ0) is 12.0. The molecule has 0 unspecified atom stereocenters. The van der Waals surface area contributed by atoms with Crippen molar-refractivity contribution in [2.24, 2.45) is 5.41 Å². The second-order valence-electron chi connectivity index (χ2n) is 4.05. The van der Waals surface area contributed by atoms with Crippen molar-refractivity contribution in [3.8, 4) is 0 Å². The summed E-state index contributed by atoms with van der Waals surface area (Å²) >= 11 is 6.00. The summed E-state index contributed by atoms with van der Waals surface area (Å²) in [6.07, 6.45) is 3.56. The molecule has 0 radical (unpaired) electrons. The van der Waals surface area contributed by atoms with Crippen LogP contribution in [0, 0.1) is 5.41 Å². The van der Waals surface area contributed by atoms with Crippen molar-refractivity contribution < 1.29 is 5.11 Å². The van der Waals surface area contributed by atoms with E-state index < -0.39 is 0 Å². The molecular formula is C12H19ClN2O. The molecule has 3 nitrogen and oxygen atoms in total. The summed E-state index contributed by atoms with van der Waals surface area (Å²) in [5.74, 6) is 0.684. The van der Waals surface area contributed by atoms with E-state index in [0.717, 1.165) is 12.8 Å². The van der Waals surface area contributed by atoms with E-state index in [1.54, 1.807) is 18.3 Å². The van der Waals surface area contributed by atoms with Crippen molar-refractivity contribution in [2.45, 2.75) is 26.7 Å². The first kappa shape index (κ1) is 13.3. The summed E-state index contributed by atoms with van der Waals surface area (Å²) in [6.45, 7) is 5.04. The maximum absolute atomic E-state index is 9.43. The van der Waals surface area contributed by atoms with Crippen LogP contribution in [0.3, 0.4) is 0 Å². The Bertz CT molecular complexity index is 318. The van der Waals surface area contributed by atoms with E-state index in [4.69, 9.17) is 11.6 Å². The summed E-state index contributed by atoms with van der Waals surface area (Å²) in [7, 11) is 0. The topological polar surface area (TPSA) is 45.1 Å². The molecule has 2 N–H and O–H groups in total. The Hall–Kier alpha value is -0.800. The van der Waals surface area contributed by atoms with Gasteiger partial charge in [-0.25, -0.2) is 4.98 Å². The third-order valence-electron chi connectivity index (χ3n) is 3.22. The van der Waals surface area contributed by atoms with Crippen molar-refractivity contribution in [3.05, 3.63) is 23.4 Å². The largest absolute Gasteiger partial charge is 0.396 e. The number of nitrogens with one attached hydrogen (secondary N) is 1. The normalized spacial score (nSPS) is 11.5. The first-order valence-corrected chi connectivity index (χ1v) is 6.00. The van der Waals surface area contributed by atoms with E-state index >= 15 is 0 Å². The highest BCUT2D eigenvalue weighted by molar-refractivity contribution is 6.32. The minimum Gasteiger partial charge on any atom is -0.396 e. The third kappa shape index (κ3) is 3.09. The van der Waals surface area contributed by atoms with Crippen molar-refractivity contribution in [1.82, 2.24) is 4.98 Å². The molecule has 0 aliphatic rings. The van der Waals surface area contributed by atoms with Crippen LogP contribution in [0.15, 0.2) is 18.3 Å². The summed E-state index contributed by atoms with van der Waals surface area (Å²) in [6, 6.07) is 3.60. The zero-order valence-electron chi connectivity index (χ0n) is 9.83.